The Morgan fingerprint density at radius 3 is 2.18 bits per heavy atom. The van der Waals surface area contributed by atoms with Crippen molar-refractivity contribution in [2.24, 2.45) is 4.99 Å². The van der Waals surface area contributed by atoms with Gasteiger partial charge in [-0.15, -0.1) is 0 Å². The van der Waals surface area contributed by atoms with Crippen LogP contribution in [0.5, 0.6) is 11.5 Å². The van der Waals surface area contributed by atoms with Crippen LogP contribution in [0.1, 0.15) is 37.9 Å². The number of aromatic nitrogens is 1. The van der Waals surface area contributed by atoms with E-state index in [1.807, 2.05) is 54.6 Å². The summed E-state index contributed by atoms with van der Waals surface area (Å²) in [6.07, 6.45) is 1.52. The topological polar surface area (TPSA) is 79.1 Å². The van der Waals surface area contributed by atoms with Gasteiger partial charge in [-0.25, -0.2) is 9.79 Å². The van der Waals surface area contributed by atoms with Gasteiger partial charge in [0, 0.05) is 0 Å². The molecule has 8 heteroatoms. The highest BCUT2D eigenvalue weighted by molar-refractivity contribution is 7.07. The molecule has 34 heavy (non-hydrogen) atoms. The number of thiazole rings is 1. The molecule has 0 bridgehead atoms. The monoisotopic (exact) mass is 478 g/mol. The highest BCUT2D eigenvalue weighted by atomic mass is 32.1. The number of hydrogen-bond acceptors (Lipinski definition) is 7. The minimum absolute atomic E-state index is 0.220. The Morgan fingerprint density at radius 1 is 1.03 bits per heavy atom. The van der Waals surface area contributed by atoms with Gasteiger partial charge in [0.25, 0.3) is 5.56 Å². The van der Waals surface area contributed by atoms with E-state index in [9.17, 15) is 9.59 Å². The maximum atomic E-state index is 13.6. The van der Waals surface area contributed by atoms with E-state index in [4.69, 9.17) is 14.2 Å². The normalized spacial score (nSPS) is 15.7. The van der Waals surface area contributed by atoms with Crippen molar-refractivity contribution in [1.29, 1.82) is 0 Å². The van der Waals surface area contributed by atoms with Crippen LogP contribution in [0.3, 0.4) is 0 Å². The zero-order chi connectivity index (χ0) is 24.4. The summed E-state index contributed by atoms with van der Waals surface area (Å²) in [6.45, 7) is 5.36. The highest BCUT2D eigenvalue weighted by Crippen LogP contribution is 2.31. The second kappa shape index (κ2) is 9.69. The van der Waals surface area contributed by atoms with E-state index in [1.54, 1.807) is 39.6 Å². The molecule has 0 saturated heterocycles. The Labute approximate surface area is 201 Å². The van der Waals surface area contributed by atoms with Gasteiger partial charge in [-0.3, -0.25) is 9.36 Å². The largest absolute Gasteiger partial charge is 0.497 e. The minimum Gasteiger partial charge on any atom is -0.497 e. The smallest absolute Gasteiger partial charge is 0.338 e. The maximum absolute atomic E-state index is 13.6. The number of esters is 1. The van der Waals surface area contributed by atoms with Gasteiger partial charge in [-0.1, -0.05) is 35.6 Å². The molecular formula is C26H26N2O5S. The first-order valence-corrected chi connectivity index (χ1v) is 11.7. The number of allylic oxidation sites excluding steroid dienone is 1. The van der Waals surface area contributed by atoms with E-state index in [0.717, 1.165) is 16.9 Å². The molecule has 0 N–H and O–H groups in total. The maximum Gasteiger partial charge on any atom is 0.338 e. The van der Waals surface area contributed by atoms with E-state index in [1.165, 1.54) is 11.3 Å². The Kier molecular flexibility index (Phi) is 6.70. The van der Waals surface area contributed by atoms with Crippen LogP contribution in [0.4, 0.5) is 0 Å². The molecule has 1 aliphatic rings. The van der Waals surface area contributed by atoms with Crippen molar-refractivity contribution in [1.82, 2.24) is 4.57 Å². The third-order valence-electron chi connectivity index (χ3n) is 5.43. The second-order valence-corrected chi connectivity index (χ2v) is 9.09. The molecular weight excluding hydrogens is 452 g/mol. The van der Waals surface area contributed by atoms with Gasteiger partial charge in [0.15, 0.2) is 4.80 Å². The lowest BCUT2D eigenvalue weighted by atomic mass is 9.96. The molecule has 1 aliphatic heterocycles. The zero-order valence-corrected chi connectivity index (χ0v) is 20.5. The lowest BCUT2D eigenvalue weighted by Gasteiger charge is -2.25. The number of ether oxygens (including phenoxy) is 3. The fourth-order valence-electron chi connectivity index (χ4n) is 3.81. The van der Waals surface area contributed by atoms with Crippen LogP contribution >= 0.6 is 11.3 Å². The van der Waals surface area contributed by atoms with E-state index in [-0.39, 0.29) is 11.7 Å². The molecule has 1 unspecified atom stereocenters. The Bertz CT molecular complexity index is 1410. The number of methoxy groups -OCH3 is 2. The van der Waals surface area contributed by atoms with E-state index >= 15 is 0 Å². The van der Waals surface area contributed by atoms with Crippen LogP contribution < -0.4 is 24.4 Å². The average Bonchev–Trinajstić information content (AvgIpc) is 3.12. The van der Waals surface area contributed by atoms with Gasteiger partial charge in [0.2, 0.25) is 0 Å². The molecule has 176 valence electrons. The summed E-state index contributed by atoms with van der Waals surface area (Å²) in [5.41, 5.74) is 2.29. The molecule has 3 aromatic rings. The Hall–Kier alpha value is -3.65. The first-order chi connectivity index (χ1) is 16.3. The first kappa shape index (κ1) is 23.5. The van der Waals surface area contributed by atoms with Crippen LogP contribution in [0.25, 0.3) is 6.08 Å². The fourth-order valence-corrected chi connectivity index (χ4v) is 4.86. The standard InChI is InChI=1S/C26H26N2O5S/c1-15(2)33-25(30)22-16(3)27-26-28(23(22)18-8-12-20(32-5)13-9-18)24(29)21(34-26)14-17-6-10-19(31-4)11-7-17/h6-15,23H,1-5H3. The Balaban J connectivity index is 1.90. The lowest BCUT2D eigenvalue weighted by molar-refractivity contribution is -0.143. The van der Waals surface area contributed by atoms with E-state index in [2.05, 4.69) is 4.99 Å². The van der Waals surface area contributed by atoms with Crippen molar-refractivity contribution >= 4 is 23.4 Å². The molecule has 2 aromatic carbocycles. The predicted molar refractivity (Wildman–Crippen MR) is 131 cm³/mol. The molecule has 0 saturated carbocycles. The fraction of sp³-hybridized carbons (Fsp3) is 0.269. The third-order valence-corrected chi connectivity index (χ3v) is 6.41. The van der Waals surface area contributed by atoms with Crippen LogP contribution in [-0.2, 0) is 9.53 Å². The predicted octanol–water partition coefficient (Wildman–Crippen LogP) is 3.20. The minimum atomic E-state index is -0.661. The van der Waals surface area contributed by atoms with Gasteiger partial charge in [0.1, 0.15) is 11.5 Å². The van der Waals surface area contributed by atoms with Gasteiger partial charge in [-0.2, -0.15) is 0 Å². The van der Waals surface area contributed by atoms with Gasteiger partial charge < -0.3 is 14.2 Å². The number of fused-ring (bicyclic) bond motifs is 1. The summed E-state index contributed by atoms with van der Waals surface area (Å²) >= 11 is 1.29. The summed E-state index contributed by atoms with van der Waals surface area (Å²) < 4.78 is 18.1. The number of nitrogens with zero attached hydrogens (tertiary/aromatic N) is 2. The van der Waals surface area contributed by atoms with Crippen molar-refractivity contribution in [3.05, 3.63) is 90.6 Å². The SMILES string of the molecule is COc1ccc(C=c2sc3n(c2=O)C(c2ccc(OC)cc2)C(C(=O)OC(C)C)=C(C)N=3)cc1. The number of rotatable bonds is 6. The summed E-state index contributed by atoms with van der Waals surface area (Å²) in [6, 6.07) is 14.1. The van der Waals surface area contributed by atoms with Crippen molar-refractivity contribution in [2.45, 2.75) is 32.9 Å². The summed E-state index contributed by atoms with van der Waals surface area (Å²) in [4.78, 5) is 31.9. The van der Waals surface area contributed by atoms with Crippen LogP contribution in [0, 0.1) is 0 Å². The number of hydrogen-bond donors (Lipinski definition) is 0. The summed E-state index contributed by atoms with van der Waals surface area (Å²) in [5, 5.41) is 0. The molecule has 0 fully saturated rings. The average molecular weight is 479 g/mol. The lowest BCUT2D eigenvalue weighted by Crippen LogP contribution is -2.40. The number of carbonyl (C=O) groups excluding carboxylic acids is 1. The number of carbonyl (C=O) groups is 1. The van der Waals surface area contributed by atoms with Crippen LogP contribution in [-0.4, -0.2) is 30.9 Å². The van der Waals surface area contributed by atoms with E-state index < -0.39 is 12.0 Å². The third kappa shape index (κ3) is 4.54. The second-order valence-electron chi connectivity index (χ2n) is 8.08. The molecule has 0 spiro atoms. The van der Waals surface area contributed by atoms with Gasteiger partial charge >= 0.3 is 5.97 Å². The van der Waals surface area contributed by atoms with Crippen molar-refractivity contribution in [2.75, 3.05) is 14.2 Å². The van der Waals surface area contributed by atoms with Crippen molar-refractivity contribution in [3.63, 3.8) is 0 Å². The van der Waals surface area contributed by atoms with E-state index in [0.29, 0.717) is 26.4 Å². The molecule has 2 heterocycles. The van der Waals surface area contributed by atoms with Gasteiger partial charge in [0.05, 0.1) is 42.2 Å². The molecule has 1 aromatic heterocycles. The zero-order valence-electron chi connectivity index (χ0n) is 19.7. The van der Waals surface area contributed by atoms with Crippen molar-refractivity contribution < 1.29 is 19.0 Å². The molecule has 0 aliphatic carbocycles. The summed E-state index contributed by atoms with van der Waals surface area (Å²) in [5.74, 6) is 0.936. The summed E-state index contributed by atoms with van der Waals surface area (Å²) in [7, 11) is 3.20. The quantitative estimate of drug-likeness (QED) is 0.509. The molecule has 0 radical (unpaired) electrons. The number of benzene rings is 2. The van der Waals surface area contributed by atoms with Crippen molar-refractivity contribution in [3.8, 4) is 11.5 Å². The van der Waals surface area contributed by atoms with Gasteiger partial charge in [-0.05, 0) is 62.2 Å². The molecule has 4 rings (SSSR count). The Morgan fingerprint density at radius 2 is 1.62 bits per heavy atom. The first-order valence-electron chi connectivity index (χ1n) is 10.8. The van der Waals surface area contributed by atoms with Crippen LogP contribution in [0.15, 0.2) is 69.6 Å². The molecule has 7 nitrogen and oxygen atoms in total. The van der Waals surface area contributed by atoms with Crippen LogP contribution in [0.2, 0.25) is 0 Å². The molecule has 1 atom stereocenters. The molecule has 0 amide bonds. The highest BCUT2D eigenvalue weighted by Gasteiger charge is 2.33.